The second-order valence-corrected chi connectivity index (χ2v) is 3.44. The number of nitrogens with one attached hydrogen (secondary N) is 1. The molecule has 0 fully saturated rings. The summed E-state index contributed by atoms with van der Waals surface area (Å²) >= 11 is 0. The number of hydrogen-bond donors (Lipinski definition) is 1. The third-order valence-electron chi connectivity index (χ3n) is 2.40. The highest BCUT2D eigenvalue weighted by molar-refractivity contribution is 5.83. The van der Waals surface area contributed by atoms with Crippen molar-refractivity contribution in [3.63, 3.8) is 0 Å². The van der Waals surface area contributed by atoms with Crippen molar-refractivity contribution in [2.24, 2.45) is 5.10 Å². The molecule has 3 nitrogen and oxygen atoms in total. The number of nitrogens with zero attached hydrogens (tertiary/aromatic N) is 2. The highest BCUT2D eigenvalue weighted by Gasteiger charge is 2.22. The summed E-state index contributed by atoms with van der Waals surface area (Å²) in [7, 11) is 0. The first-order chi connectivity index (χ1) is 7.29. The molecule has 0 aromatic heterocycles. The van der Waals surface area contributed by atoms with Crippen LogP contribution >= 0.6 is 0 Å². The standard InChI is InChI=1S/C10H15N3.C2H6/c1-8-11-12-9(2)13(8)10-6-4-3-5-7-10;1-2/h4,6-8,11H,3,5H2,1-2H3;1-2H3. The summed E-state index contributed by atoms with van der Waals surface area (Å²) in [6.07, 6.45) is 9.24. The van der Waals surface area contributed by atoms with Crippen LogP contribution in [0.1, 0.15) is 40.5 Å². The van der Waals surface area contributed by atoms with E-state index in [4.69, 9.17) is 0 Å². The number of amidine groups is 1. The van der Waals surface area contributed by atoms with Gasteiger partial charge in [0.2, 0.25) is 0 Å². The molecule has 1 heterocycles. The second-order valence-electron chi connectivity index (χ2n) is 3.44. The van der Waals surface area contributed by atoms with Crippen LogP contribution in [0.5, 0.6) is 0 Å². The van der Waals surface area contributed by atoms with Crippen LogP contribution in [0.4, 0.5) is 0 Å². The molecule has 15 heavy (non-hydrogen) atoms. The van der Waals surface area contributed by atoms with Crippen LogP contribution in [0.25, 0.3) is 0 Å². The summed E-state index contributed by atoms with van der Waals surface area (Å²) < 4.78 is 0. The van der Waals surface area contributed by atoms with Gasteiger partial charge in [0, 0.05) is 5.70 Å². The smallest absolute Gasteiger partial charge is 0.127 e. The van der Waals surface area contributed by atoms with Crippen LogP contribution in [-0.4, -0.2) is 16.9 Å². The average molecular weight is 207 g/mol. The highest BCUT2D eigenvalue weighted by Crippen LogP contribution is 2.19. The molecule has 84 valence electrons. The lowest BCUT2D eigenvalue weighted by molar-refractivity contribution is 0.388. The van der Waals surface area contributed by atoms with Gasteiger partial charge in [-0.2, -0.15) is 5.10 Å². The van der Waals surface area contributed by atoms with E-state index in [2.05, 4.69) is 40.6 Å². The maximum Gasteiger partial charge on any atom is 0.127 e. The maximum atomic E-state index is 4.19. The van der Waals surface area contributed by atoms with Crippen molar-refractivity contribution in [1.82, 2.24) is 10.3 Å². The van der Waals surface area contributed by atoms with Gasteiger partial charge in [-0.05, 0) is 32.8 Å². The Morgan fingerprint density at radius 3 is 2.60 bits per heavy atom. The lowest BCUT2D eigenvalue weighted by atomic mass is 10.1. The second kappa shape index (κ2) is 5.59. The minimum atomic E-state index is 0.286. The Morgan fingerprint density at radius 1 is 1.40 bits per heavy atom. The van der Waals surface area contributed by atoms with Gasteiger partial charge in [-0.15, -0.1) is 0 Å². The summed E-state index contributed by atoms with van der Waals surface area (Å²) in [5.74, 6) is 1.05. The van der Waals surface area contributed by atoms with Crippen LogP contribution in [-0.2, 0) is 0 Å². The molecule has 0 saturated carbocycles. The fourth-order valence-corrected chi connectivity index (χ4v) is 1.77. The predicted molar refractivity (Wildman–Crippen MR) is 65.4 cm³/mol. The fraction of sp³-hybridized carbons (Fsp3) is 0.583. The zero-order valence-electron chi connectivity index (χ0n) is 10.1. The average Bonchev–Trinajstić information content (AvgIpc) is 2.63. The molecule has 0 amide bonds. The minimum Gasteiger partial charge on any atom is -0.307 e. The molecule has 1 atom stereocenters. The minimum absolute atomic E-state index is 0.286. The molecule has 0 radical (unpaired) electrons. The van der Waals surface area contributed by atoms with Crippen molar-refractivity contribution in [1.29, 1.82) is 0 Å². The van der Waals surface area contributed by atoms with E-state index >= 15 is 0 Å². The summed E-state index contributed by atoms with van der Waals surface area (Å²) in [6, 6.07) is 0. The summed E-state index contributed by atoms with van der Waals surface area (Å²) in [5, 5.41) is 4.19. The summed E-state index contributed by atoms with van der Waals surface area (Å²) in [5.41, 5.74) is 4.32. The van der Waals surface area contributed by atoms with Gasteiger partial charge in [-0.1, -0.05) is 26.0 Å². The monoisotopic (exact) mass is 207 g/mol. The van der Waals surface area contributed by atoms with Gasteiger partial charge in [0.15, 0.2) is 0 Å². The van der Waals surface area contributed by atoms with E-state index in [1.54, 1.807) is 0 Å². The highest BCUT2D eigenvalue weighted by atomic mass is 15.5. The Morgan fingerprint density at radius 2 is 2.13 bits per heavy atom. The molecule has 2 rings (SSSR count). The van der Waals surface area contributed by atoms with Gasteiger partial charge in [-0.3, -0.25) is 5.43 Å². The van der Waals surface area contributed by atoms with E-state index in [0.29, 0.717) is 0 Å². The van der Waals surface area contributed by atoms with Crippen LogP contribution < -0.4 is 5.43 Å². The van der Waals surface area contributed by atoms with Crippen molar-refractivity contribution in [2.45, 2.75) is 46.7 Å². The van der Waals surface area contributed by atoms with Gasteiger partial charge in [-0.25, -0.2) is 0 Å². The Kier molecular flexibility index (Phi) is 4.40. The fourth-order valence-electron chi connectivity index (χ4n) is 1.77. The summed E-state index contributed by atoms with van der Waals surface area (Å²) in [4.78, 5) is 2.22. The zero-order chi connectivity index (χ0) is 11.3. The number of hydrogen-bond acceptors (Lipinski definition) is 3. The van der Waals surface area contributed by atoms with E-state index in [1.165, 1.54) is 5.70 Å². The Labute approximate surface area is 92.5 Å². The van der Waals surface area contributed by atoms with Gasteiger partial charge in [0.25, 0.3) is 0 Å². The van der Waals surface area contributed by atoms with E-state index in [-0.39, 0.29) is 6.17 Å². The largest absolute Gasteiger partial charge is 0.307 e. The van der Waals surface area contributed by atoms with Gasteiger partial charge < -0.3 is 4.90 Å². The van der Waals surface area contributed by atoms with Crippen molar-refractivity contribution in [2.75, 3.05) is 0 Å². The van der Waals surface area contributed by atoms with Gasteiger partial charge in [0.1, 0.15) is 12.0 Å². The van der Waals surface area contributed by atoms with Gasteiger partial charge >= 0.3 is 0 Å². The molecule has 1 aliphatic carbocycles. The molecule has 1 N–H and O–H groups in total. The van der Waals surface area contributed by atoms with E-state index < -0.39 is 0 Å². The maximum absolute atomic E-state index is 4.19. The van der Waals surface area contributed by atoms with Crippen molar-refractivity contribution in [3.05, 3.63) is 23.9 Å². The lowest BCUT2D eigenvalue weighted by Crippen LogP contribution is -2.35. The molecule has 0 saturated heterocycles. The predicted octanol–water partition coefficient (Wildman–Crippen LogP) is 2.83. The Balaban J connectivity index is 0.000000531. The van der Waals surface area contributed by atoms with Crippen molar-refractivity contribution in [3.8, 4) is 0 Å². The number of hydrazone groups is 1. The molecule has 0 aromatic rings. The van der Waals surface area contributed by atoms with Crippen LogP contribution in [0, 0.1) is 0 Å². The molecule has 0 spiro atoms. The molecule has 0 aromatic carbocycles. The van der Waals surface area contributed by atoms with E-state index in [0.717, 1.165) is 18.7 Å². The Bertz CT molecular complexity index is 289. The SMILES string of the molecule is CC.CC1=NNC(C)N1C1=CCCC=C1. The Hall–Kier alpha value is -1.25. The third kappa shape index (κ3) is 2.61. The van der Waals surface area contributed by atoms with Crippen molar-refractivity contribution >= 4 is 5.84 Å². The number of rotatable bonds is 1. The van der Waals surface area contributed by atoms with Crippen LogP contribution in [0.15, 0.2) is 29.0 Å². The first-order valence-electron chi connectivity index (χ1n) is 5.75. The molecule has 0 bridgehead atoms. The summed E-state index contributed by atoms with van der Waals surface area (Å²) in [6.45, 7) is 8.14. The number of allylic oxidation sites excluding steroid dienone is 3. The first kappa shape index (κ1) is 11.8. The lowest BCUT2D eigenvalue weighted by Gasteiger charge is -2.25. The molecule has 1 unspecified atom stereocenters. The normalized spacial score (nSPS) is 23.7. The third-order valence-corrected chi connectivity index (χ3v) is 2.40. The first-order valence-corrected chi connectivity index (χ1v) is 5.75. The topological polar surface area (TPSA) is 27.6 Å². The molecular weight excluding hydrogens is 186 g/mol. The van der Waals surface area contributed by atoms with Crippen LogP contribution in [0.2, 0.25) is 0 Å². The zero-order valence-corrected chi connectivity index (χ0v) is 10.1. The molecule has 3 heteroatoms. The van der Waals surface area contributed by atoms with Crippen LogP contribution in [0.3, 0.4) is 0 Å². The van der Waals surface area contributed by atoms with Gasteiger partial charge in [0.05, 0.1) is 0 Å². The van der Waals surface area contributed by atoms with Crippen molar-refractivity contribution < 1.29 is 0 Å². The van der Waals surface area contributed by atoms with E-state index in [1.807, 2.05) is 20.8 Å². The molecule has 2 aliphatic rings. The molecule has 1 aliphatic heterocycles. The molecular formula is C12H21N3. The van der Waals surface area contributed by atoms with E-state index in [9.17, 15) is 0 Å². The quantitative estimate of drug-likeness (QED) is 0.716.